The average Bonchev–Trinajstić information content (AvgIpc) is 3.31. The molecule has 0 spiro atoms. The lowest BCUT2D eigenvalue weighted by Gasteiger charge is -2.28. The molecule has 3 aliphatic rings. The average molecular weight is 342 g/mol. The Hall–Kier alpha value is -1.78. The topological polar surface area (TPSA) is 49.6 Å². The molecule has 0 unspecified atom stereocenters. The summed E-state index contributed by atoms with van der Waals surface area (Å²) < 4.78 is 13.4. The maximum absolute atomic E-state index is 13.4. The number of halogens is 1. The molecule has 2 saturated carbocycles. The van der Waals surface area contributed by atoms with Gasteiger partial charge in [-0.1, -0.05) is 6.92 Å². The van der Waals surface area contributed by atoms with Crippen LogP contribution in [0.5, 0.6) is 0 Å². The molecular formula is C20H27FN4. The Morgan fingerprint density at radius 1 is 1.24 bits per heavy atom. The number of hydrogen-bond acceptors (Lipinski definition) is 4. The molecule has 0 aromatic carbocycles. The van der Waals surface area contributed by atoms with Gasteiger partial charge >= 0.3 is 0 Å². The zero-order valence-electron chi connectivity index (χ0n) is 15.2. The van der Waals surface area contributed by atoms with Gasteiger partial charge in [0.2, 0.25) is 0 Å². The number of pyridine rings is 1. The third kappa shape index (κ3) is 2.98. The van der Waals surface area contributed by atoms with Gasteiger partial charge in [0.05, 0.1) is 12.7 Å². The number of anilines is 1. The summed E-state index contributed by atoms with van der Waals surface area (Å²) in [5, 5.41) is 3.46. The third-order valence-corrected chi connectivity index (χ3v) is 6.43. The molecule has 0 atom stereocenters. The second-order valence-electron chi connectivity index (χ2n) is 8.17. The van der Waals surface area contributed by atoms with Gasteiger partial charge in [-0.25, -0.2) is 14.4 Å². The first-order chi connectivity index (χ1) is 12.0. The van der Waals surface area contributed by atoms with Crippen LogP contribution in [0.15, 0.2) is 22.2 Å². The summed E-state index contributed by atoms with van der Waals surface area (Å²) in [7, 11) is 0. The van der Waals surface area contributed by atoms with Gasteiger partial charge in [0.1, 0.15) is 17.5 Å². The van der Waals surface area contributed by atoms with Crippen molar-refractivity contribution in [3.63, 3.8) is 0 Å². The van der Waals surface area contributed by atoms with Crippen LogP contribution in [-0.2, 0) is 0 Å². The molecule has 4 nitrogen and oxygen atoms in total. The van der Waals surface area contributed by atoms with E-state index >= 15 is 0 Å². The summed E-state index contributed by atoms with van der Waals surface area (Å²) in [6, 6.07) is 1.80. The van der Waals surface area contributed by atoms with Gasteiger partial charge in [0.15, 0.2) is 0 Å². The summed E-state index contributed by atoms with van der Waals surface area (Å²) in [5.74, 6) is 1.59. The van der Waals surface area contributed by atoms with Crippen molar-refractivity contribution in [2.24, 2.45) is 20.8 Å². The normalized spacial score (nSPS) is 30.5. The SMILES string of the molecule is CCCC1=NCC(C23CCC(CNc4cc(C)c(F)cn4)(CC2)C3)=N1. The number of nitrogens with zero attached hydrogens (tertiary/aromatic N) is 3. The Bertz CT molecular complexity index is 729. The van der Waals surface area contributed by atoms with E-state index in [0.29, 0.717) is 11.0 Å². The number of aryl methyl sites for hydroxylation is 1. The Morgan fingerprint density at radius 2 is 2.04 bits per heavy atom. The highest BCUT2D eigenvalue weighted by Gasteiger charge is 2.56. The van der Waals surface area contributed by atoms with E-state index in [1.165, 1.54) is 44.0 Å². The molecular weight excluding hydrogens is 315 g/mol. The largest absolute Gasteiger partial charge is 0.370 e. The molecule has 1 aromatic rings. The van der Waals surface area contributed by atoms with Crippen molar-refractivity contribution in [2.75, 3.05) is 18.4 Å². The number of aliphatic imine (C=N–C) groups is 2. The van der Waals surface area contributed by atoms with Gasteiger partial charge in [-0.3, -0.25) is 4.99 Å². The summed E-state index contributed by atoms with van der Waals surface area (Å²) in [4.78, 5) is 13.7. The van der Waals surface area contributed by atoms with E-state index in [-0.39, 0.29) is 11.2 Å². The van der Waals surface area contributed by atoms with E-state index in [1.54, 1.807) is 13.0 Å². The van der Waals surface area contributed by atoms with E-state index < -0.39 is 0 Å². The smallest absolute Gasteiger partial charge is 0.144 e. The van der Waals surface area contributed by atoms with Crippen molar-refractivity contribution in [1.29, 1.82) is 0 Å². The number of nitrogens with one attached hydrogen (secondary N) is 1. The molecule has 1 aliphatic heterocycles. The maximum atomic E-state index is 13.4. The number of fused-ring (bicyclic) bond motifs is 2. The van der Waals surface area contributed by atoms with Crippen LogP contribution in [-0.4, -0.2) is 29.6 Å². The summed E-state index contributed by atoms with van der Waals surface area (Å²) in [6.45, 7) is 5.70. The first-order valence-corrected chi connectivity index (χ1v) is 9.52. The molecule has 2 aliphatic carbocycles. The predicted molar refractivity (Wildman–Crippen MR) is 100 cm³/mol. The van der Waals surface area contributed by atoms with Crippen molar-refractivity contribution in [2.45, 2.75) is 58.8 Å². The Morgan fingerprint density at radius 3 is 2.76 bits per heavy atom. The second-order valence-corrected chi connectivity index (χ2v) is 8.17. The molecule has 5 heteroatoms. The van der Waals surface area contributed by atoms with Gasteiger partial charge in [0, 0.05) is 24.1 Å². The molecule has 2 bridgehead atoms. The van der Waals surface area contributed by atoms with Crippen LogP contribution in [0.25, 0.3) is 0 Å². The molecule has 2 fully saturated rings. The number of hydrogen-bond donors (Lipinski definition) is 1. The monoisotopic (exact) mass is 342 g/mol. The third-order valence-electron chi connectivity index (χ3n) is 6.43. The van der Waals surface area contributed by atoms with Crippen molar-refractivity contribution in [3.8, 4) is 0 Å². The van der Waals surface area contributed by atoms with E-state index in [4.69, 9.17) is 4.99 Å². The van der Waals surface area contributed by atoms with Gasteiger partial charge in [-0.2, -0.15) is 0 Å². The lowest BCUT2D eigenvalue weighted by Crippen LogP contribution is -2.27. The standard InChI is InChI=1S/C20H27FN4/c1-3-4-17-23-11-16(25-17)20-7-5-19(12-20,6-8-20)13-24-18-9-14(2)15(21)10-22-18/h9-10H,3-8,11-13H2,1-2H3,(H,22,24). The number of aromatic nitrogens is 1. The lowest BCUT2D eigenvalue weighted by molar-refractivity contribution is 0.312. The van der Waals surface area contributed by atoms with Crippen molar-refractivity contribution >= 4 is 17.4 Å². The number of amidine groups is 1. The highest BCUT2D eigenvalue weighted by Crippen LogP contribution is 2.62. The Labute approximate surface area is 149 Å². The maximum Gasteiger partial charge on any atom is 0.144 e. The van der Waals surface area contributed by atoms with E-state index in [9.17, 15) is 4.39 Å². The van der Waals surface area contributed by atoms with Crippen LogP contribution in [0, 0.1) is 23.6 Å². The van der Waals surface area contributed by atoms with Gasteiger partial charge in [-0.15, -0.1) is 0 Å². The molecule has 0 radical (unpaired) electrons. The highest BCUT2D eigenvalue weighted by molar-refractivity contribution is 6.07. The minimum atomic E-state index is -0.244. The molecule has 25 heavy (non-hydrogen) atoms. The first-order valence-electron chi connectivity index (χ1n) is 9.52. The van der Waals surface area contributed by atoms with Gasteiger partial charge in [-0.05, 0) is 62.5 Å². The van der Waals surface area contributed by atoms with Gasteiger partial charge in [0.25, 0.3) is 0 Å². The molecule has 2 heterocycles. The minimum absolute atomic E-state index is 0.244. The van der Waals surface area contributed by atoms with E-state index in [2.05, 4.69) is 22.2 Å². The van der Waals surface area contributed by atoms with Crippen LogP contribution in [0.2, 0.25) is 0 Å². The molecule has 4 rings (SSSR count). The lowest BCUT2D eigenvalue weighted by atomic mass is 9.79. The number of rotatable bonds is 6. The van der Waals surface area contributed by atoms with Crippen LogP contribution >= 0.6 is 0 Å². The summed E-state index contributed by atoms with van der Waals surface area (Å²) in [6.07, 6.45) is 9.58. The fourth-order valence-electron chi connectivity index (χ4n) is 4.91. The molecule has 1 aromatic heterocycles. The Balaban J connectivity index is 1.42. The first kappa shape index (κ1) is 16.7. The van der Waals surface area contributed by atoms with E-state index in [1.807, 2.05) is 0 Å². The quantitative estimate of drug-likeness (QED) is 0.825. The minimum Gasteiger partial charge on any atom is -0.370 e. The Kier molecular flexibility index (Phi) is 4.13. The van der Waals surface area contributed by atoms with Crippen LogP contribution < -0.4 is 5.32 Å². The molecule has 0 amide bonds. The van der Waals surface area contributed by atoms with Crippen molar-refractivity contribution in [3.05, 3.63) is 23.6 Å². The summed E-state index contributed by atoms with van der Waals surface area (Å²) in [5.41, 5.74) is 2.60. The van der Waals surface area contributed by atoms with Gasteiger partial charge < -0.3 is 5.32 Å². The van der Waals surface area contributed by atoms with Crippen LogP contribution in [0.1, 0.15) is 57.4 Å². The molecule has 1 N–H and O–H groups in total. The highest BCUT2D eigenvalue weighted by atomic mass is 19.1. The molecule has 0 saturated heterocycles. The molecule has 134 valence electrons. The fourth-order valence-corrected chi connectivity index (χ4v) is 4.91. The summed E-state index contributed by atoms with van der Waals surface area (Å²) >= 11 is 0. The van der Waals surface area contributed by atoms with Crippen molar-refractivity contribution in [1.82, 2.24) is 4.98 Å². The fraction of sp³-hybridized carbons (Fsp3) is 0.650. The van der Waals surface area contributed by atoms with Crippen LogP contribution in [0.4, 0.5) is 10.2 Å². The van der Waals surface area contributed by atoms with E-state index in [0.717, 1.165) is 37.6 Å². The van der Waals surface area contributed by atoms with Crippen LogP contribution in [0.3, 0.4) is 0 Å². The zero-order valence-corrected chi connectivity index (χ0v) is 15.2. The zero-order chi connectivity index (χ0) is 17.5. The van der Waals surface area contributed by atoms with Crippen molar-refractivity contribution < 1.29 is 4.39 Å². The second kappa shape index (κ2) is 6.19. The predicted octanol–water partition coefficient (Wildman–Crippen LogP) is 4.54.